The van der Waals surface area contributed by atoms with Gasteiger partial charge in [0.05, 0.1) is 13.7 Å². The Morgan fingerprint density at radius 3 is 2.84 bits per heavy atom. The summed E-state index contributed by atoms with van der Waals surface area (Å²) in [4.78, 5) is 32.6. The third-order valence-electron chi connectivity index (χ3n) is 5.03. The van der Waals surface area contributed by atoms with Gasteiger partial charge in [0.1, 0.15) is 6.26 Å². The predicted molar refractivity (Wildman–Crippen MR) is 90.8 cm³/mol. The van der Waals surface area contributed by atoms with E-state index in [0.717, 1.165) is 13.1 Å². The number of oxazole rings is 1. The average molecular weight is 349 g/mol. The Morgan fingerprint density at radius 1 is 1.44 bits per heavy atom. The average Bonchev–Trinajstić information content (AvgIpc) is 3.32. The lowest BCUT2D eigenvalue weighted by Gasteiger charge is -2.34. The number of hydrogen-bond donors (Lipinski definition) is 0. The normalized spacial score (nSPS) is 22.3. The second-order valence-corrected chi connectivity index (χ2v) is 7.40. The molecule has 138 valence electrons. The smallest absolute Gasteiger partial charge is 0.360 e. The molecule has 1 aliphatic heterocycles. The van der Waals surface area contributed by atoms with Crippen molar-refractivity contribution in [3.05, 3.63) is 17.8 Å². The molecule has 1 atom stereocenters. The fourth-order valence-electron chi connectivity index (χ4n) is 3.34. The highest BCUT2D eigenvalue weighted by Gasteiger charge is 2.35. The number of methoxy groups -OCH3 is 1. The zero-order valence-electron chi connectivity index (χ0n) is 15.2. The molecule has 1 saturated carbocycles. The van der Waals surface area contributed by atoms with Gasteiger partial charge in [-0.15, -0.1) is 0 Å². The number of hydrogen-bond acceptors (Lipinski definition) is 6. The molecule has 1 aromatic rings. The highest BCUT2D eigenvalue weighted by molar-refractivity contribution is 5.86. The van der Waals surface area contributed by atoms with Crippen LogP contribution in [0.2, 0.25) is 0 Å². The van der Waals surface area contributed by atoms with Crippen molar-refractivity contribution in [2.75, 3.05) is 26.7 Å². The summed E-state index contributed by atoms with van der Waals surface area (Å²) in [5.74, 6) is 1.29. The molecular formula is C18H27N3O4. The van der Waals surface area contributed by atoms with E-state index in [-0.39, 0.29) is 17.6 Å². The first-order valence-electron chi connectivity index (χ1n) is 9.02. The minimum absolute atomic E-state index is 0.180. The van der Waals surface area contributed by atoms with Gasteiger partial charge in [-0.05, 0) is 24.7 Å². The molecule has 2 fully saturated rings. The van der Waals surface area contributed by atoms with E-state index < -0.39 is 5.97 Å². The topological polar surface area (TPSA) is 75.9 Å². The number of esters is 1. The Labute approximate surface area is 148 Å². The maximum Gasteiger partial charge on any atom is 0.360 e. The molecule has 1 aromatic heterocycles. The van der Waals surface area contributed by atoms with Crippen LogP contribution < -0.4 is 0 Å². The minimum Gasteiger partial charge on any atom is -0.464 e. The van der Waals surface area contributed by atoms with Crippen LogP contribution in [0.3, 0.4) is 0 Å². The predicted octanol–water partition coefficient (Wildman–Crippen LogP) is 1.93. The van der Waals surface area contributed by atoms with E-state index in [2.05, 4.69) is 33.4 Å². The Bertz CT molecular complexity index is 624. The third-order valence-corrected chi connectivity index (χ3v) is 5.03. The molecule has 0 spiro atoms. The third kappa shape index (κ3) is 4.39. The van der Waals surface area contributed by atoms with E-state index in [4.69, 9.17) is 4.42 Å². The van der Waals surface area contributed by atoms with Crippen molar-refractivity contribution in [3.63, 3.8) is 0 Å². The Kier molecular flexibility index (Phi) is 5.42. The molecule has 7 heteroatoms. The van der Waals surface area contributed by atoms with Crippen LogP contribution in [-0.4, -0.2) is 59.4 Å². The molecule has 0 aromatic carbocycles. The minimum atomic E-state index is -0.503. The summed E-state index contributed by atoms with van der Waals surface area (Å²) in [6.45, 7) is 7.20. The largest absolute Gasteiger partial charge is 0.464 e. The second-order valence-electron chi connectivity index (χ2n) is 7.40. The van der Waals surface area contributed by atoms with Crippen molar-refractivity contribution in [2.24, 2.45) is 11.8 Å². The number of carbonyl (C=O) groups is 2. The van der Waals surface area contributed by atoms with Crippen LogP contribution in [0, 0.1) is 11.8 Å². The van der Waals surface area contributed by atoms with Crippen molar-refractivity contribution in [1.82, 2.24) is 14.8 Å². The molecule has 2 aliphatic rings. The van der Waals surface area contributed by atoms with E-state index in [1.165, 1.54) is 26.2 Å². The van der Waals surface area contributed by atoms with Gasteiger partial charge in [0, 0.05) is 32.1 Å². The van der Waals surface area contributed by atoms with Gasteiger partial charge < -0.3 is 14.1 Å². The van der Waals surface area contributed by atoms with Crippen LogP contribution in [0.1, 0.15) is 49.5 Å². The quantitative estimate of drug-likeness (QED) is 0.731. The van der Waals surface area contributed by atoms with E-state index in [9.17, 15) is 9.59 Å². The maximum absolute atomic E-state index is 12.6. The Morgan fingerprint density at radius 2 is 2.20 bits per heavy atom. The van der Waals surface area contributed by atoms with Gasteiger partial charge in [-0.1, -0.05) is 13.8 Å². The summed E-state index contributed by atoms with van der Waals surface area (Å²) < 4.78 is 10.1. The zero-order valence-corrected chi connectivity index (χ0v) is 15.2. The van der Waals surface area contributed by atoms with E-state index in [1.54, 1.807) is 0 Å². The highest BCUT2D eigenvalue weighted by atomic mass is 16.5. The molecule has 7 nitrogen and oxygen atoms in total. The summed E-state index contributed by atoms with van der Waals surface area (Å²) in [6, 6.07) is 0.200. The second kappa shape index (κ2) is 7.56. The molecule has 0 radical (unpaired) electrons. The van der Waals surface area contributed by atoms with Crippen molar-refractivity contribution in [2.45, 2.75) is 45.7 Å². The lowest BCUT2D eigenvalue weighted by atomic mass is 10.0. The number of nitrogens with zero attached hydrogens (tertiary/aromatic N) is 3. The van der Waals surface area contributed by atoms with Gasteiger partial charge in [0.15, 0.2) is 5.69 Å². The fourth-order valence-corrected chi connectivity index (χ4v) is 3.34. The molecule has 0 bridgehead atoms. The first-order chi connectivity index (χ1) is 12.0. The van der Waals surface area contributed by atoms with E-state index >= 15 is 0 Å². The number of rotatable bonds is 6. The molecule has 1 unspecified atom stereocenters. The van der Waals surface area contributed by atoms with Crippen LogP contribution >= 0.6 is 0 Å². The lowest BCUT2D eigenvalue weighted by molar-refractivity contribution is -0.133. The molecule has 25 heavy (non-hydrogen) atoms. The molecule has 1 aliphatic carbocycles. The van der Waals surface area contributed by atoms with Crippen molar-refractivity contribution >= 4 is 11.9 Å². The molecule has 2 heterocycles. The highest BCUT2D eigenvalue weighted by Crippen LogP contribution is 2.32. The van der Waals surface area contributed by atoms with Crippen molar-refractivity contribution in [1.29, 1.82) is 0 Å². The van der Waals surface area contributed by atoms with Crippen LogP contribution in [0.15, 0.2) is 10.7 Å². The van der Waals surface area contributed by atoms with E-state index in [0.29, 0.717) is 37.2 Å². The molecule has 1 saturated heterocycles. The van der Waals surface area contributed by atoms with Gasteiger partial charge in [0.25, 0.3) is 0 Å². The zero-order chi connectivity index (χ0) is 18.0. The van der Waals surface area contributed by atoms with Gasteiger partial charge >= 0.3 is 5.97 Å². The first kappa shape index (κ1) is 17.9. The van der Waals surface area contributed by atoms with Crippen LogP contribution in [0.25, 0.3) is 0 Å². The van der Waals surface area contributed by atoms with E-state index in [1.807, 2.05) is 0 Å². The summed E-state index contributed by atoms with van der Waals surface area (Å²) in [7, 11) is 1.32. The molecule has 0 N–H and O–H groups in total. The van der Waals surface area contributed by atoms with Crippen LogP contribution in [0.5, 0.6) is 0 Å². The number of amides is 1. The van der Waals surface area contributed by atoms with Gasteiger partial charge in [-0.25, -0.2) is 9.78 Å². The monoisotopic (exact) mass is 349 g/mol. The number of aromatic nitrogens is 1. The maximum atomic E-state index is 12.6. The van der Waals surface area contributed by atoms with Crippen LogP contribution in [0.4, 0.5) is 0 Å². The first-order valence-corrected chi connectivity index (χ1v) is 9.02. The van der Waals surface area contributed by atoms with Crippen molar-refractivity contribution in [3.8, 4) is 0 Å². The molecule has 1 amide bonds. The summed E-state index contributed by atoms with van der Waals surface area (Å²) in [5, 5.41) is 0. The Balaban J connectivity index is 1.68. The standard InChI is InChI=1S/C18H27N3O4/c1-12(2)15-9-20(7-6-17(22)21(15)8-13-4-5-13)10-16-19-14(11-25-16)18(23)24-3/h11-13,15H,4-10H2,1-3H3. The van der Waals surface area contributed by atoms with Gasteiger partial charge in [-0.3, -0.25) is 9.69 Å². The Hall–Kier alpha value is -1.89. The van der Waals surface area contributed by atoms with Crippen LogP contribution in [-0.2, 0) is 16.1 Å². The fraction of sp³-hybridized carbons (Fsp3) is 0.722. The van der Waals surface area contributed by atoms with Gasteiger partial charge in [-0.2, -0.15) is 0 Å². The number of carbonyl (C=O) groups excluding carboxylic acids is 2. The summed E-state index contributed by atoms with van der Waals surface area (Å²) >= 11 is 0. The molecular weight excluding hydrogens is 322 g/mol. The summed E-state index contributed by atoms with van der Waals surface area (Å²) in [5.41, 5.74) is 0.180. The van der Waals surface area contributed by atoms with Crippen molar-refractivity contribution < 1.29 is 18.7 Å². The van der Waals surface area contributed by atoms with Gasteiger partial charge in [0.2, 0.25) is 11.8 Å². The SMILES string of the molecule is COC(=O)c1coc(CN2CCC(=O)N(CC3CC3)C(C(C)C)C2)n1. The lowest BCUT2D eigenvalue weighted by Crippen LogP contribution is -2.47. The number of ether oxygens (including phenoxy) is 1. The summed E-state index contributed by atoms with van der Waals surface area (Å²) in [6.07, 6.45) is 4.32. The molecule has 3 rings (SSSR count).